The molecule has 0 spiro atoms. The molecule has 6 heteroatoms. The molecular weight excluding hydrogens is 414 g/mol. The third kappa shape index (κ3) is 6.29. The molecule has 0 heterocycles. The topological polar surface area (TPSA) is 52.6 Å². The van der Waals surface area contributed by atoms with E-state index < -0.39 is 35.1 Å². The van der Waals surface area contributed by atoms with Gasteiger partial charge < -0.3 is 9.47 Å². The zero-order valence-electron chi connectivity index (χ0n) is 19.3. The van der Waals surface area contributed by atoms with Crippen molar-refractivity contribution in [3.05, 3.63) is 23.8 Å². The standard InChI is InChI=1S/C26H36F2O4/c1-3-5-17-7-11-19(12-8-17)25(29)31-21-15-16-22(24(28)23(21)27)32-26(30)20-13-9-18(6-4-2)10-14-20/h15-20H,3-14H2,1-2H3. The zero-order chi connectivity index (χ0) is 23.1. The first kappa shape index (κ1) is 24.7. The Morgan fingerprint density at radius 1 is 0.719 bits per heavy atom. The molecular formula is C26H36F2O4. The molecule has 0 atom stereocenters. The molecule has 0 amide bonds. The maximum absolute atomic E-state index is 14.5. The summed E-state index contributed by atoms with van der Waals surface area (Å²) in [5.74, 6) is -3.85. The van der Waals surface area contributed by atoms with E-state index in [-0.39, 0.29) is 11.8 Å². The number of esters is 2. The van der Waals surface area contributed by atoms with Crippen LogP contribution in [-0.4, -0.2) is 11.9 Å². The van der Waals surface area contributed by atoms with Crippen LogP contribution in [0.1, 0.15) is 90.9 Å². The highest BCUT2D eigenvalue weighted by molar-refractivity contribution is 5.76. The number of ether oxygens (including phenoxy) is 2. The van der Waals surface area contributed by atoms with Crippen LogP contribution >= 0.6 is 0 Å². The largest absolute Gasteiger partial charge is 0.423 e. The molecule has 1 aromatic carbocycles. The van der Waals surface area contributed by atoms with Gasteiger partial charge in [-0.25, -0.2) is 0 Å². The Kier molecular flexibility index (Phi) is 9.06. The summed E-state index contributed by atoms with van der Waals surface area (Å²) in [6.45, 7) is 4.30. The summed E-state index contributed by atoms with van der Waals surface area (Å²) in [7, 11) is 0. The number of carbonyl (C=O) groups excluding carboxylic acids is 2. The van der Waals surface area contributed by atoms with Gasteiger partial charge in [-0.3, -0.25) is 9.59 Å². The Bertz CT molecular complexity index is 713. The smallest absolute Gasteiger partial charge is 0.314 e. The highest BCUT2D eigenvalue weighted by Crippen LogP contribution is 2.35. The van der Waals surface area contributed by atoms with E-state index in [2.05, 4.69) is 13.8 Å². The Morgan fingerprint density at radius 3 is 1.38 bits per heavy atom. The van der Waals surface area contributed by atoms with Crippen molar-refractivity contribution in [2.24, 2.45) is 23.7 Å². The monoisotopic (exact) mass is 450 g/mol. The molecule has 0 radical (unpaired) electrons. The average Bonchev–Trinajstić information content (AvgIpc) is 2.80. The molecule has 0 saturated heterocycles. The summed E-state index contributed by atoms with van der Waals surface area (Å²) in [5, 5.41) is 0. The van der Waals surface area contributed by atoms with Crippen molar-refractivity contribution in [2.75, 3.05) is 0 Å². The summed E-state index contributed by atoms with van der Waals surface area (Å²) < 4.78 is 39.4. The van der Waals surface area contributed by atoms with E-state index >= 15 is 0 Å². The number of hydrogen-bond donors (Lipinski definition) is 0. The number of hydrogen-bond acceptors (Lipinski definition) is 4. The third-order valence-corrected chi connectivity index (χ3v) is 7.19. The quantitative estimate of drug-likeness (QED) is 0.316. The van der Waals surface area contributed by atoms with Crippen LogP contribution in [-0.2, 0) is 9.59 Å². The van der Waals surface area contributed by atoms with Crippen LogP contribution in [0.2, 0.25) is 0 Å². The van der Waals surface area contributed by atoms with Crippen LogP contribution in [0.5, 0.6) is 11.5 Å². The molecule has 4 nitrogen and oxygen atoms in total. The molecule has 2 fully saturated rings. The van der Waals surface area contributed by atoms with Crippen molar-refractivity contribution >= 4 is 11.9 Å². The summed E-state index contributed by atoms with van der Waals surface area (Å²) >= 11 is 0. The van der Waals surface area contributed by atoms with Crippen LogP contribution in [0, 0.1) is 35.3 Å². The molecule has 32 heavy (non-hydrogen) atoms. The average molecular weight is 451 g/mol. The summed E-state index contributed by atoms with van der Waals surface area (Å²) in [6, 6.07) is 2.33. The van der Waals surface area contributed by atoms with E-state index in [1.165, 1.54) is 12.1 Å². The van der Waals surface area contributed by atoms with Crippen LogP contribution in [0.25, 0.3) is 0 Å². The molecule has 0 bridgehead atoms. The lowest BCUT2D eigenvalue weighted by molar-refractivity contribution is -0.141. The SMILES string of the molecule is CCCC1CCC(C(=O)Oc2ccc(OC(=O)C3CCC(CCC)CC3)c(F)c2F)CC1. The molecule has 2 aliphatic carbocycles. The molecule has 0 aromatic heterocycles. The van der Waals surface area contributed by atoms with Gasteiger partial charge in [-0.2, -0.15) is 8.78 Å². The van der Waals surface area contributed by atoms with Crippen LogP contribution in [0.4, 0.5) is 8.78 Å². The zero-order valence-corrected chi connectivity index (χ0v) is 19.3. The van der Waals surface area contributed by atoms with Gasteiger partial charge >= 0.3 is 11.9 Å². The molecule has 0 aliphatic heterocycles. The lowest BCUT2D eigenvalue weighted by Crippen LogP contribution is -2.26. The maximum atomic E-state index is 14.5. The summed E-state index contributed by atoms with van der Waals surface area (Å²) in [4.78, 5) is 24.9. The van der Waals surface area contributed by atoms with E-state index in [1.807, 2.05) is 0 Å². The van der Waals surface area contributed by atoms with Crippen molar-refractivity contribution in [3.63, 3.8) is 0 Å². The number of carbonyl (C=O) groups is 2. The van der Waals surface area contributed by atoms with E-state index in [4.69, 9.17) is 9.47 Å². The minimum Gasteiger partial charge on any atom is -0.423 e. The van der Waals surface area contributed by atoms with Crippen molar-refractivity contribution in [1.82, 2.24) is 0 Å². The lowest BCUT2D eigenvalue weighted by Gasteiger charge is -2.27. The second kappa shape index (κ2) is 11.8. The van der Waals surface area contributed by atoms with Gasteiger partial charge in [0.1, 0.15) is 0 Å². The second-order valence-electron chi connectivity index (χ2n) is 9.54. The summed E-state index contributed by atoms with van der Waals surface area (Å²) in [5.41, 5.74) is 0. The van der Waals surface area contributed by atoms with E-state index in [9.17, 15) is 18.4 Å². The fourth-order valence-corrected chi connectivity index (χ4v) is 5.25. The van der Waals surface area contributed by atoms with Gasteiger partial charge in [0.2, 0.25) is 11.6 Å². The van der Waals surface area contributed by atoms with Crippen molar-refractivity contribution in [2.45, 2.75) is 90.9 Å². The van der Waals surface area contributed by atoms with Gasteiger partial charge in [0.25, 0.3) is 0 Å². The van der Waals surface area contributed by atoms with Gasteiger partial charge in [0.05, 0.1) is 11.8 Å². The van der Waals surface area contributed by atoms with Gasteiger partial charge in [-0.1, -0.05) is 39.5 Å². The van der Waals surface area contributed by atoms with E-state index in [1.54, 1.807) is 0 Å². The highest BCUT2D eigenvalue weighted by Gasteiger charge is 2.30. The lowest BCUT2D eigenvalue weighted by atomic mass is 9.80. The van der Waals surface area contributed by atoms with Gasteiger partial charge in [-0.05, 0) is 75.3 Å². The van der Waals surface area contributed by atoms with Gasteiger partial charge in [0, 0.05) is 0 Å². The normalized spacial score (nSPS) is 25.9. The molecule has 0 N–H and O–H groups in total. The third-order valence-electron chi connectivity index (χ3n) is 7.19. The molecule has 1 aromatic rings. The van der Waals surface area contributed by atoms with Gasteiger partial charge in [-0.15, -0.1) is 0 Å². The van der Waals surface area contributed by atoms with Crippen LogP contribution < -0.4 is 9.47 Å². The second-order valence-corrected chi connectivity index (χ2v) is 9.54. The van der Waals surface area contributed by atoms with Crippen molar-refractivity contribution in [3.8, 4) is 11.5 Å². The molecule has 2 saturated carbocycles. The van der Waals surface area contributed by atoms with Crippen molar-refractivity contribution < 1.29 is 27.8 Å². The maximum Gasteiger partial charge on any atom is 0.314 e. The first-order valence-corrected chi connectivity index (χ1v) is 12.3. The minimum atomic E-state index is -1.30. The Morgan fingerprint density at radius 2 is 1.06 bits per heavy atom. The molecule has 2 aliphatic rings. The van der Waals surface area contributed by atoms with E-state index in [0.717, 1.165) is 51.4 Å². The molecule has 178 valence electrons. The highest BCUT2D eigenvalue weighted by atomic mass is 19.2. The first-order chi connectivity index (χ1) is 15.4. The first-order valence-electron chi connectivity index (χ1n) is 12.3. The number of rotatable bonds is 8. The minimum absolute atomic E-state index is 0.286. The number of halogens is 2. The van der Waals surface area contributed by atoms with E-state index in [0.29, 0.717) is 37.5 Å². The Balaban J connectivity index is 1.55. The van der Waals surface area contributed by atoms with Crippen LogP contribution in [0.3, 0.4) is 0 Å². The fourth-order valence-electron chi connectivity index (χ4n) is 5.25. The van der Waals surface area contributed by atoms with Crippen LogP contribution in [0.15, 0.2) is 12.1 Å². The van der Waals surface area contributed by atoms with Gasteiger partial charge in [0.15, 0.2) is 11.5 Å². The van der Waals surface area contributed by atoms with Crippen molar-refractivity contribution in [1.29, 1.82) is 0 Å². The number of benzene rings is 1. The predicted molar refractivity (Wildman–Crippen MR) is 118 cm³/mol. The molecule has 3 rings (SSSR count). The molecule has 0 unspecified atom stereocenters. The predicted octanol–water partition coefficient (Wildman–Crippen LogP) is 6.99. The summed E-state index contributed by atoms with van der Waals surface area (Å²) in [6.07, 6.45) is 11.2. The Hall–Kier alpha value is -1.98. The fraction of sp³-hybridized carbons (Fsp3) is 0.692. The Labute approximate surface area is 190 Å².